The summed E-state index contributed by atoms with van der Waals surface area (Å²) in [5.74, 6) is 1.57. The van der Waals surface area contributed by atoms with Gasteiger partial charge in [-0.25, -0.2) is 0 Å². The Kier molecular flexibility index (Phi) is 5.07. The highest BCUT2D eigenvalue weighted by Crippen LogP contribution is 2.28. The lowest BCUT2D eigenvalue weighted by atomic mass is 9.84. The van der Waals surface area contributed by atoms with E-state index < -0.39 is 0 Å². The molecule has 0 heterocycles. The molecule has 0 saturated heterocycles. The zero-order valence-electron chi connectivity index (χ0n) is 10.3. The average Bonchev–Trinajstić information content (AvgIpc) is 3.13. The molecule has 0 bridgehead atoms. The van der Waals surface area contributed by atoms with Crippen molar-refractivity contribution in [2.75, 3.05) is 26.3 Å². The zero-order valence-corrected chi connectivity index (χ0v) is 10.3. The molecule has 3 N–H and O–H groups in total. The van der Waals surface area contributed by atoms with Gasteiger partial charge in [0.15, 0.2) is 0 Å². The fourth-order valence-corrected chi connectivity index (χ4v) is 2.61. The van der Waals surface area contributed by atoms with Crippen molar-refractivity contribution < 1.29 is 4.74 Å². The standard InChI is InChI=1S/C13H26N2O/c14-9-12-3-1-2-4-13(12)15-7-8-16-10-11-5-6-11/h11-13,15H,1-10,14H2. The lowest BCUT2D eigenvalue weighted by Crippen LogP contribution is -2.43. The van der Waals surface area contributed by atoms with Crippen molar-refractivity contribution in [1.29, 1.82) is 0 Å². The maximum Gasteiger partial charge on any atom is 0.0591 e. The Balaban J connectivity index is 1.52. The summed E-state index contributed by atoms with van der Waals surface area (Å²) in [6.45, 7) is 3.67. The van der Waals surface area contributed by atoms with Crippen LogP contribution in [0.2, 0.25) is 0 Å². The fraction of sp³-hybridized carbons (Fsp3) is 1.00. The van der Waals surface area contributed by atoms with E-state index in [0.717, 1.165) is 32.2 Å². The normalized spacial score (nSPS) is 30.6. The van der Waals surface area contributed by atoms with Crippen molar-refractivity contribution in [2.45, 2.75) is 44.6 Å². The zero-order chi connectivity index (χ0) is 11.2. The van der Waals surface area contributed by atoms with Crippen molar-refractivity contribution in [3.8, 4) is 0 Å². The Morgan fingerprint density at radius 2 is 1.94 bits per heavy atom. The molecule has 2 rings (SSSR count). The largest absolute Gasteiger partial charge is 0.380 e. The van der Waals surface area contributed by atoms with E-state index in [1.165, 1.54) is 38.5 Å². The third-order valence-electron chi connectivity index (χ3n) is 3.92. The molecule has 0 aromatic heterocycles. The molecule has 0 spiro atoms. The second kappa shape index (κ2) is 6.58. The molecular formula is C13H26N2O. The molecule has 2 saturated carbocycles. The maximum atomic E-state index is 5.80. The average molecular weight is 226 g/mol. The minimum Gasteiger partial charge on any atom is -0.380 e. The molecule has 0 aromatic carbocycles. The fourth-order valence-electron chi connectivity index (χ4n) is 2.61. The summed E-state index contributed by atoms with van der Waals surface area (Å²) >= 11 is 0. The monoisotopic (exact) mass is 226 g/mol. The number of nitrogens with one attached hydrogen (secondary N) is 1. The predicted molar refractivity (Wildman–Crippen MR) is 66.3 cm³/mol. The first-order valence-corrected chi connectivity index (χ1v) is 6.91. The van der Waals surface area contributed by atoms with Gasteiger partial charge in [-0.05, 0) is 44.1 Å². The molecule has 0 radical (unpaired) electrons. The Bertz CT molecular complexity index is 194. The van der Waals surface area contributed by atoms with Gasteiger partial charge in [0.2, 0.25) is 0 Å². The van der Waals surface area contributed by atoms with E-state index in [2.05, 4.69) is 5.32 Å². The van der Waals surface area contributed by atoms with Gasteiger partial charge in [0.1, 0.15) is 0 Å². The van der Waals surface area contributed by atoms with E-state index in [1.807, 2.05) is 0 Å². The van der Waals surface area contributed by atoms with Crippen LogP contribution < -0.4 is 11.1 Å². The summed E-state index contributed by atoms with van der Waals surface area (Å²) in [5, 5.41) is 3.61. The van der Waals surface area contributed by atoms with Crippen molar-refractivity contribution >= 4 is 0 Å². The number of rotatable bonds is 7. The second-order valence-electron chi connectivity index (χ2n) is 5.36. The van der Waals surface area contributed by atoms with Gasteiger partial charge in [-0.2, -0.15) is 0 Å². The first kappa shape index (κ1) is 12.3. The topological polar surface area (TPSA) is 47.3 Å². The molecule has 0 aliphatic heterocycles. The third kappa shape index (κ3) is 4.04. The lowest BCUT2D eigenvalue weighted by Gasteiger charge is -2.31. The molecule has 2 aliphatic rings. The van der Waals surface area contributed by atoms with E-state index in [1.54, 1.807) is 0 Å². The Morgan fingerprint density at radius 1 is 1.12 bits per heavy atom. The van der Waals surface area contributed by atoms with Crippen LogP contribution in [0.15, 0.2) is 0 Å². The van der Waals surface area contributed by atoms with Crippen LogP contribution in [0.3, 0.4) is 0 Å². The Hall–Kier alpha value is -0.120. The Morgan fingerprint density at radius 3 is 2.69 bits per heavy atom. The highest BCUT2D eigenvalue weighted by atomic mass is 16.5. The smallest absolute Gasteiger partial charge is 0.0591 e. The third-order valence-corrected chi connectivity index (χ3v) is 3.92. The molecule has 3 heteroatoms. The SMILES string of the molecule is NCC1CCCCC1NCCOCC1CC1. The number of nitrogens with two attached hydrogens (primary N) is 1. The van der Waals surface area contributed by atoms with Crippen LogP contribution in [0.4, 0.5) is 0 Å². The quantitative estimate of drug-likeness (QED) is 0.647. The van der Waals surface area contributed by atoms with Gasteiger partial charge in [0.25, 0.3) is 0 Å². The van der Waals surface area contributed by atoms with Gasteiger partial charge >= 0.3 is 0 Å². The molecule has 2 atom stereocenters. The summed E-state index contributed by atoms with van der Waals surface area (Å²) in [6.07, 6.45) is 8.08. The van der Waals surface area contributed by atoms with E-state index in [0.29, 0.717) is 12.0 Å². The van der Waals surface area contributed by atoms with Crippen molar-refractivity contribution in [3.63, 3.8) is 0 Å². The van der Waals surface area contributed by atoms with E-state index in [4.69, 9.17) is 10.5 Å². The molecule has 2 unspecified atom stereocenters. The molecule has 0 amide bonds. The van der Waals surface area contributed by atoms with Crippen LogP contribution >= 0.6 is 0 Å². The minimum atomic E-state index is 0.642. The van der Waals surface area contributed by atoms with Gasteiger partial charge in [0, 0.05) is 19.2 Å². The molecule has 94 valence electrons. The first-order chi connectivity index (χ1) is 7.90. The van der Waals surface area contributed by atoms with Gasteiger partial charge in [-0.1, -0.05) is 12.8 Å². The predicted octanol–water partition coefficient (Wildman–Crippen LogP) is 1.52. The van der Waals surface area contributed by atoms with Gasteiger partial charge < -0.3 is 15.8 Å². The highest BCUT2D eigenvalue weighted by Gasteiger charge is 2.23. The van der Waals surface area contributed by atoms with Crippen LogP contribution in [-0.2, 0) is 4.74 Å². The Labute approximate surface area is 99.1 Å². The number of hydrogen-bond acceptors (Lipinski definition) is 3. The summed E-state index contributed by atoms with van der Waals surface area (Å²) < 4.78 is 5.62. The van der Waals surface area contributed by atoms with Gasteiger partial charge in [-0.3, -0.25) is 0 Å². The summed E-state index contributed by atoms with van der Waals surface area (Å²) in [7, 11) is 0. The van der Waals surface area contributed by atoms with Crippen LogP contribution in [0.5, 0.6) is 0 Å². The molecular weight excluding hydrogens is 200 g/mol. The molecule has 0 aromatic rings. The maximum absolute atomic E-state index is 5.80. The summed E-state index contributed by atoms with van der Waals surface area (Å²) in [4.78, 5) is 0. The number of hydrogen-bond donors (Lipinski definition) is 2. The molecule has 16 heavy (non-hydrogen) atoms. The van der Waals surface area contributed by atoms with E-state index >= 15 is 0 Å². The van der Waals surface area contributed by atoms with Crippen LogP contribution in [0, 0.1) is 11.8 Å². The minimum absolute atomic E-state index is 0.642. The van der Waals surface area contributed by atoms with Crippen LogP contribution in [0.1, 0.15) is 38.5 Å². The van der Waals surface area contributed by atoms with Gasteiger partial charge in [-0.15, -0.1) is 0 Å². The lowest BCUT2D eigenvalue weighted by molar-refractivity contribution is 0.119. The molecule has 2 fully saturated rings. The van der Waals surface area contributed by atoms with Gasteiger partial charge in [0.05, 0.1) is 6.61 Å². The second-order valence-corrected chi connectivity index (χ2v) is 5.36. The number of ether oxygens (including phenoxy) is 1. The van der Waals surface area contributed by atoms with Crippen molar-refractivity contribution in [3.05, 3.63) is 0 Å². The van der Waals surface area contributed by atoms with Crippen molar-refractivity contribution in [2.24, 2.45) is 17.6 Å². The summed E-state index contributed by atoms with van der Waals surface area (Å²) in [6, 6.07) is 0.642. The molecule has 2 aliphatic carbocycles. The highest BCUT2D eigenvalue weighted by molar-refractivity contribution is 4.81. The van der Waals surface area contributed by atoms with Crippen LogP contribution in [-0.4, -0.2) is 32.3 Å². The molecule has 3 nitrogen and oxygen atoms in total. The van der Waals surface area contributed by atoms with E-state index in [9.17, 15) is 0 Å². The first-order valence-electron chi connectivity index (χ1n) is 6.91. The van der Waals surface area contributed by atoms with E-state index in [-0.39, 0.29) is 0 Å². The summed E-state index contributed by atoms with van der Waals surface area (Å²) in [5.41, 5.74) is 5.80. The van der Waals surface area contributed by atoms with Crippen molar-refractivity contribution in [1.82, 2.24) is 5.32 Å². The van der Waals surface area contributed by atoms with Crippen LogP contribution in [0.25, 0.3) is 0 Å².